The first-order valence-corrected chi connectivity index (χ1v) is 13.1. The van der Waals surface area contributed by atoms with E-state index >= 15 is 0 Å². The molecule has 1 atom stereocenters. The second-order valence-corrected chi connectivity index (χ2v) is 10.3. The highest BCUT2D eigenvalue weighted by Crippen LogP contribution is 2.40. The summed E-state index contributed by atoms with van der Waals surface area (Å²) < 4.78 is 11.9. The predicted octanol–water partition coefficient (Wildman–Crippen LogP) is 5.34. The normalized spacial score (nSPS) is 16.8. The van der Waals surface area contributed by atoms with Gasteiger partial charge in [0.1, 0.15) is 23.9 Å². The monoisotopic (exact) mass is 528 g/mol. The first-order chi connectivity index (χ1) is 18.7. The van der Waals surface area contributed by atoms with Crippen LogP contribution in [0.15, 0.2) is 78.4 Å². The first-order valence-electron chi connectivity index (χ1n) is 13.1. The fraction of sp³-hybridized carbons (Fsp3) is 0.312. The second kappa shape index (κ2) is 12.2. The van der Waals surface area contributed by atoms with E-state index in [4.69, 9.17) is 9.47 Å². The lowest BCUT2D eigenvalue weighted by molar-refractivity contribution is -0.140. The Labute approximate surface area is 230 Å². The molecule has 4 rings (SSSR count). The van der Waals surface area contributed by atoms with Gasteiger partial charge in [-0.05, 0) is 81.9 Å². The average Bonchev–Trinajstić information content (AvgIpc) is 3.16. The lowest BCUT2D eigenvalue weighted by Crippen LogP contribution is -2.35. The topological polar surface area (TPSA) is 79.3 Å². The molecule has 1 saturated heterocycles. The van der Waals surface area contributed by atoms with Crippen molar-refractivity contribution in [1.29, 1.82) is 0 Å². The Kier molecular flexibility index (Phi) is 8.72. The predicted molar refractivity (Wildman–Crippen MR) is 152 cm³/mol. The number of hydrogen-bond acceptors (Lipinski definition) is 6. The van der Waals surface area contributed by atoms with Gasteiger partial charge in [0.05, 0.1) is 17.7 Å². The first kappa shape index (κ1) is 27.9. The van der Waals surface area contributed by atoms with Gasteiger partial charge in [0.25, 0.3) is 11.7 Å². The number of ketones is 1. The fourth-order valence-corrected chi connectivity index (χ4v) is 4.64. The molecule has 7 heteroatoms. The molecule has 1 amide bonds. The average molecular weight is 529 g/mol. The maximum atomic E-state index is 13.4. The van der Waals surface area contributed by atoms with Crippen LogP contribution in [0.4, 0.5) is 0 Å². The van der Waals surface area contributed by atoms with Crippen LogP contribution in [0.3, 0.4) is 0 Å². The Morgan fingerprint density at radius 3 is 2.41 bits per heavy atom. The van der Waals surface area contributed by atoms with Gasteiger partial charge in [-0.25, -0.2) is 0 Å². The van der Waals surface area contributed by atoms with E-state index in [1.807, 2.05) is 94.4 Å². The number of likely N-dealkylation sites (N-methyl/N-ethyl adjacent to an activating group) is 1. The molecule has 0 aliphatic carbocycles. The van der Waals surface area contributed by atoms with Crippen LogP contribution >= 0.6 is 0 Å². The molecule has 0 saturated carbocycles. The van der Waals surface area contributed by atoms with Crippen molar-refractivity contribution in [1.82, 2.24) is 9.80 Å². The lowest BCUT2D eigenvalue weighted by Gasteiger charge is -2.27. The number of rotatable bonds is 10. The SMILES string of the molecule is Cc1cc(/C(O)=C2\C(=O)C(=O)N(CCN(C)C)C2c2cccc(OC(C)C)c2)ccc1OCc1ccccc1. The van der Waals surface area contributed by atoms with Crippen LogP contribution in [0.1, 0.15) is 42.1 Å². The van der Waals surface area contributed by atoms with E-state index in [0.29, 0.717) is 42.3 Å². The second-order valence-electron chi connectivity index (χ2n) is 10.3. The summed E-state index contributed by atoms with van der Waals surface area (Å²) in [5.41, 5.74) is 3.07. The van der Waals surface area contributed by atoms with Gasteiger partial charge in [-0.3, -0.25) is 9.59 Å². The minimum absolute atomic E-state index is 0.0362. The molecule has 39 heavy (non-hydrogen) atoms. The highest BCUT2D eigenvalue weighted by molar-refractivity contribution is 6.46. The van der Waals surface area contributed by atoms with Crippen LogP contribution in [0.5, 0.6) is 11.5 Å². The molecule has 1 N–H and O–H groups in total. The summed E-state index contributed by atoms with van der Waals surface area (Å²) >= 11 is 0. The Bertz CT molecular complexity index is 1360. The van der Waals surface area contributed by atoms with E-state index in [-0.39, 0.29) is 17.4 Å². The van der Waals surface area contributed by atoms with Gasteiger partial charge in [-0.1, -0.05) is 42.5 Å². The van der Waals surface area contributed by atoms with Gasteiger partial charge in [-0.15, -0.1) is 0 Å². The summed E-state index contributed by atoms with van der Waals surface area (Å²) in [7, 11) is 3.82. The summed E-state index contributed by atoms with van der Waals surface area (Å²) in [6.07, 6.45) is -0.0362. The Morgan fingerprint density at radius 1 is 1.00 bits per heavy atom. The summed E-state index contributed by atoms with van der Waals surface area (Å²) in [6, 6.07) is 21.7. The molecule has 204 valence electrons. The number of hydrogen-bond donors (Lipinski definition) is 1. The number of aryl methyl sites for hydroxylation is 1. The number of carbonyl (C=O) groups excluding carboxylic acids is 2. The summed E-state index contributed by atoms with van der Waals surface area (Å²) in [4.78, 5) is 30.1. The standard InChI is InChI=1S/C32H36N2O5/c1-21(2)39-26-13-9-12-24(19-26)29-28(31(36)32(37)34(29)17-16-33(4)5)30(35)25-14-15-27(22(3)18-25)38-20-23-10-7-6-8-11-23/h6-15,18-19,21,29,35H,16-17,20H2,1-5H3/b30-28+. The maximum Gasteiger partial charge on any atom is 0.295 e. The zero-order valence-electron chi connectivity index (χ0n) is 23.2. The van der Waals surface area contributed by atoms with Crippen molar-refractivity contribution >= 4 is 17.4 Å². The van der Waals surface area contributed by atoms with Gasteiger partial charge in [-0.2, -0.15) is 0 Å². The maximum absolute atomic E-state index is 13.4. The number of aliphatic hydroxyl groups excluding tert-OH is 1. The Morgan fingerprint density at radius 2 is 1.74 bits per heavy atom. The molecule has 0 aromatic heterocycles. The van der Waals surface area contributed by atoms with Crippen molar-refractivity contribution < 1.29 is 24.2 Å². The number of amides is 1. The largest absolute Gasteiger partial charge is 0.507 e. The smallest absolute Gasteiger partial charge is 0.295 e. The lowest BCUT2D eigenvalue weighted by atomic mass is 9.94. The Balaban J connectivity index is 1.72. The molecule has 7 nitrogen and oxygen atoms in total. The van der Waals surface area contributed by atoms with Crippen molar-refractivity contribution in [2.24, 2.45) is 0 Å². The van der Waals surface area contributed by atoms with Gasteiger partial charge in [0.2, 0.25) is 0 Å². The van der Waals surface area contributed by atoms with Crippen LogP contribution in [0.25, 0.3) is 5.76 Å². The molecule has 0 bridgehead atoms. The highest BCUT2D eigenvalue weighted by atomic mass is 16.5. The van der Waals surface area contributed by atoms with Gasteiger partial charge in [0.15, 0.2) is 0 Å². The van der Waals surface area contributed by atoms with Gasteiger partial charge in [0, 0.05) is 18.7 Å². The third-order valence-electron chi connectivity index (χ3n) is 6.56. The molecule has 1 aliphatic heterocycles. The number of ether oxygens (including phenoxy) is 2. The zero-order chi connectivity index (χ0) is 28.1. The zero-order valence-corrected chi connectivity index (χ0v) is 23.2. The van der Waals surface area contributed by atoms with Crippen molar-refractivity contribution in [2.75, 3.05) is 27.2 Å². The van der Waals surface area contributed by atoms with Gasteiger partial charge < -0.3 is 24.4 Å². The number of Topliss-reactive ketones (excluding diaryl/α,β-unsaturated/α-hetero) is 1. The van der Waals surface area contributed by atoms with Crippen molar-refractivity contribution in [3.63, 3.8) is 0 Å². The van der Waals surface area contributed by atoms with Crippen LogP contribution in [-0.2, 0) is 16.2 Å². The molecular weight excluding hydrogens is 492 g/mol. The van der Waals surface area contributed by atoms with Crippen molar-refractivity contribution in [3.05, 3.63) is 101 Å². The van der Waals surface area contributed by atoms with E-state index < -0.39 is 17.7 Å². The number of carbonyl (C=O) groups is 2. The van der Waals surface area contributed by atoms with Crippen LogP contribution in [0, 0.1) is 6.92 Å². The molecular formula is C32H36N2O5. The highest BCUT2D eigenvalue weighted by Gasteiger charge is 2.46. The van der Waals surface area contributed by atoms with Crippen molar-refractivity contribution in [3.8, 4) is 11.5 Å². The number of nitrogens with zero attached hydrogens (tertiary/aromatic N) is 2. The van der Waals surface area contributed by atoms with E-state index in [1.54, 1.807) is 18.2 Å². The van der Waals surface area contributed by atoms with E-state index in [0.717, 1.165) is 11.1 Å². The van der Waals surface area contributed by atoms with Crippen LogP contribution in [0.2, 0.25) is 0 Å². The Hall–Kier alpha value is -4.10. The number of aliphatic hydroxyl groups is 1. The summed E-state index contributed by atoms with van der Waals surface area (Å²) in [6.45, 7) is 7.07. The summed E-state index contributed by atoms with van der Waals surface area (Å²) in [5.74, 6) is -0.224. The van der Waals surface area contributed by atoms with Gasteiger partial charge >= 0.3 is 0 Å². The molecule has 0 spiro atoms. The molecule has 0 radical (unpaired) electrons. The quantitative estimate of drug-likeness (QED) is 0.217. The molecule has 3 aromatic carbocycles. The number of likely N-dealkylation sites (tertiary alicyclic amines) is 1. The van der Waals surface area contributed by atoms with Crippen LogP contribution in [-0.4, -0.2) is 59.9 Å². The molecule has 1 unspecified atom stereocenters. The van der Waals surface area contributed by atoms with Crippen LogP contribution < -0.4 is 9.47 Å². The minimum atomic E-state index is -0.741. The minimum Gasteiger partial charge on any atom is -0.507 e. The molecule has 1 aliphatic rings. The van der Waals surface area contributed by atoms with E-state index in [9.17, 15) is 14.7 Å². The van der Waals surface area contributed by atoms with Crippen molar-refractivity contribution in [2.45, 2.75) is 39.5 Å². The summed E-state index contributed by atoms with van der Waals surface area (Å²) in [5, 5.41) is 11.5. The molecule has 1 fully saturated rings. The third-order valence-corrected chi connectivity index (χ3v) is 6.56. The number of benzene rings is 3. The van der Waals surface area contributed by atoms with E-state index in [1.165, 1.54) is 4.90 Å². The molecule has 1 heterocycles. The fourth-order valence-electron chi connectivity index (χ4n) is 4.64. The van der Waals surface area contributed by atoms with E-state index in [2.05, 4.69) is 0 Å². The molecule has 3 aromatic rings. The third kappa shape index (κ3) is 6.49.